The van der Waals surface area contributed by atoms with Gasteiger partial charge in [0.2, 0.25) is 5.91 Å². The number of hydrogen-bond acceptors (Lipinski definition) is 5. The Morgan fingerprint density at radius 2 is 2.00 bits per heavy atom. The largest absolute Gasteiger partial charge is 0.383 e. The molecule has 2 N–H and O–H groups in total. The summed E-state index contributed by atoms with van der Waals surface area (Å²) in [5.74, 6) is 0.862. The lowest BCUT2D eigenvalue weighted by Gasteiger charge is -2.36. The summed E-state index contributed by atoms with van der Waals surface area (Å²) in [5.41, 5.74) is 1.02. The molecule has 0 aromatic heterocycles. The lowest BCUT2D eigenvalue weighted by Crippen LogP contribution is -2.54. The van der Waals surface area contributed by atoms with Crippen LogP contribution in [0.1, 0.15) is 11.7 Å². The van der Waals surface area contributed by atoms with Gasteiger partial charge in [0.25, 0.3) is 0 Å². The molecule has 1 amide bonds. The molecule has 0 radical (unpaired) electrons. The van der Waals surface area contributed by atoms with Gasteiger partial charge >= 0.3 is 0 Å². The van der Waals surface area contributed by atoms with Crippen LogP contribution >= 0.6 is 11.6 Å². The highest BCUT2D eigenvalue weighted by Gasteiger charge is 2.22. The molecule has 0 saturated carbocycles. The maximum atomic E-state index is 11.9. The van der Waals surface area contributed by atoms with Gasteiger partial charge < -0.3 is 25.0 Å². The SMILES string of the molecule is CN=C(NCC(OC)c1cccc(Cl)c1)N1CCN(CC(=O)NCCOC)CC1. The fourth-order valence-electron chi connectivity index (χ4n) is 3.23. The van der Waals surface area contributed by atoms with Gasteiger partial charge in [-0.1, -0.05) is 23.7 Å². The molecule has 1 fully saturated rings. The predicted molar refractivity (Wildman–Crippen MR) is 115 cm³/mol. The summed E-state index contributed by atoms with van der Waals surface area (Å²) in [5, 5.41) is 6.94. The van der Waals surface area contributed by atoms with Gasteiger partial charge in [-0.25, -0.2) is 0 Å². The van der Waals surface area contributed by atoms with Crippen LogP contribution < -0.4 is 10.6 Å². The fourth-order valence-corrected chi connectivity index (χ4v) is 3.43. The standard InChI is InChI=1S/C20H32ClN5O3/c1-22-20(24-14-18(29-3)16-5-4-6-17(21)13-16)26-10-8-25(9-11-26)15-19(27)23-7-12-28-2/h4-6,13,18H,7-12,14-15H2,1-3H3,(H,22,24)(H,23,27). The molecule has 8 nitrogen and oxygen atoms in total. The number of benzene rings is 1. The van der Waals surface area contributed by atoms with Crippen molar-refractivity contribution in [3.63, 3.8) is 0 Å². The quantitative estimate of drug-likeness (QED) is 0.349. The van der Waals surface area contributed by atoms with Crippen LogP contribution in [0.4, 0.5) is 0 Å². The van der Waals surface area contributed by atoms with Gasteiger partial charge in [-0.3, -0.25) is 14.7 Å². The summed E-state index contributed by atoms with van der Waals surface area (Å²) in [6.07, 6.45) is -0.123. The molecule has 29 heavy (non-hydrogen) atoms. The highest BCUT2D eigenvalue weighted by molar-refractivity contribution is 6.30. The number of nitrogens with one attached hydrogen (secondary N) is 2. The molecule has 9 heteroatoms. The second-order valence-corrected chi connectivity index (χ2v) is 7.25. The number of guanidine groups is 1. The van der Waals surface area contributed by atoms with Crippen LogP contribution in [0.25, 0.3) is 0 Å². The number of piperazine rings is 1. The Morgan fingerprint density at radius 1 is 1.24 bits per heavy atom. The smallest absolute Gasteiger partial charge is 0.234 e. The average molecular weight is 426 g/mol. The zero-order chi connectivity index (χ0) is 21.1. The van der Waals surface area contributed by atoms with Crippen LogP contribution in [-0.2, 0) is 14.3 Å². The highest BCUT2D eigenvalue weighted by atomic mass is 35.5. The molecule has 162 valence electrons. The van der Waals surface area contributed by atoms with Crippen molar-refractivity contribution in [2.75, 3.05) is 73.7 Å². The Balaban J connectivity index is 1.79. The number of hydrogen-bond donors (Lipinski definition) is 2. The Labute approximate surface area is 178 Å². The Kier molecular flexibility index (Phi) is 10.2. The zero-order valence-corrected chi connectivity index (χ0v) is 18.2. The van der Waals surface area contributed by atoms with E-state index in [-0.39, 0.29) is 12.0 Å². The number of carbonyl (C=O) groups excluding carboxylic acids is 1. The molecule has 1 aliphatic rings. The highest BCUT2D eigenvalue weighted by Crippen LogP contribution is 2.19. The number of halogens is 1. The van der Waals surface area contributed by atoms with Crippen LogP contribution in [0.15, 0.2) is 29.3 Å². The van der Waals surface area contributed by atoms with E-state index in [1.165, 1.54) is 0 Å². The van der Waals surface area contributed by atoms with Gasteiger partial charge in [-0.2, -0.15) is 0 Å². The van der Waals surface area contributed by atoms with Gasteiger partial charge in [0.05, 0.1) is 19.3 Å². The zero-order valence-electron chi connectivity index (χ0n) is 17.5. The molecule has 1 saturated heterocycles. The van der Waals surface area contributed by atoms with Crippen molar-refractivity contribution in [3.8, 4) is 0 Å². The minimum atomic E-state index is -0.123. The first-order valence-electron chi connectivity index (χ1n) is 9.79. The van der Waals surface area contributed by atoms with E-state index in [1.54, 1.807) is 21.3 Å². The monoisotopic (exact) mass is 425 g/mol. The summed E-state index contributed by atoms with van der Waals surface area (Å²) in [6.45, 7) is 5.29. The topological polar surface area (TPSA) is 78.4 Å². The van der Waals surface area contributed by atoms with Gasteiger partial charge in [0.1, 0.15) is 0 Å². The third kappa shape index (κ3) is 7.81. The van der Waals surface area contributed by atoms with Gasteiger partial charge in [0.15, 0.2) is 5.96 Å². The number of nitrogens with zero attached hydrogens (tertiary/aromatic N) is 3. The van der Waals surface area contributed by atoms with Crippen molar-refractivity contribution in [3.05, 3.63) is 34.9 Å². The fraction of sp³-hybridized carbons (Fsp3) is 0.600. The third-order valence-corrected chi connectivity index (χ3v) is 5.06. The van der Waals surface area contributed by atoms with Crippen LogP contribution in [0.2, 0.25) is 5.02 Å². The second kappa shape index (κ2) is 12.6. The van der Waals surface area contributed by atoms with E-state index < -0.39 is 0 Å². The van der Waals surface area contributed by atoms with E-state index in [0.29, 0.717) is 31.3 Å². The van der Waals surface area contributed by atoms with Crippen LogP contribution in [-0.4, -0.2) is 95.4 Å². The first-order chi connectivity index (χ1) is 14.1. The lowest BCUT2D eigenvalue weighted by atomic mass is 10.1. The molecular weight excluding hydrogens is 394 g/mol. The van der Waals surface area contributed by atoms with Crippen molar-refractivity contribution >= 4 is 23.5 Å². The normalized spacial score (nSPS) is 16.6. The van der Waals surface area contributed by atoms with E-state index >= 15 is 0 Å². The molecule has 0 spiro atoms. The summed E-state index contributed by atoms with van der Waals surface area (Å²) >= 11 is 6.10. The molecule has 0 bridgehead atoms. The van der Waals surface area contributed by atoms with Gasteiger partial charge in [-0.15, -0.1) is 0 Å². The molecular formula is C20H32ClN5O3. The second-order valence-electron chi connectivity index (χ2n) is 6.81. The molecule has 1 heterocycles. The maximum Gasteiger partial charge on any atom is 0.234 e. The molecule has 1 unspecified atom stereocenters. The van der Waals surface area contributed by atoms with E-state index in [9.17, 15) is 4.79 Å². The lowest BCUT2D eigenvalue weighted by molar-refractivity contribution is -0.122. The first-order valence-corrected chi connectivity index (χ1v) is 10.2. The van der Waals surface area contributed by atoms with Crippen molar-refractivity contribution in [1.82, 2.24) is 20.4 Å². The first kappa shape index (κ1) is 23.4. The summed E-state index contributed by atoms with van der Waals surface area (Å²) in [7, 11) is 5.09. The molecule has 2 rings (SSSR count). The number of carbonyl (C=O) groups is 1. The van der Waals surface area contributed by atoms with Crippen molar-refractivity contribution < 1.29 is 14.3 Å². The van der Waals surface area contributed by atoms with Crippen molar-refractivity contribution in [2.24, 2.45) is 4.99 Å². The van der Waals surface area contributed by atoms with Crippen LogP contribution in [0, 0.1) is 0 Å². The average Bonchev–Trinajstić information content (AvgIpc) is 2.72. The molecule has 1 aliphatic heterocycles. The van der Waals surface area contributed by atoms with E-state index in [1.807, 2.05) is 24.3 Å². The minimum absolute atomic E-state index is 0.0301. The number of amides is 1. The Morgan fingerprint density at radius 3 is 2.62 bits per heavy atom. The number of methoxy groups -OCH3 is 2. The molecule has 0 aliphatic carbocycles. The van der Waals surface area contributed by atoms with Gasteiger partial charge in [0, 0.05) is 65.6 Å². The summed E-state index contributed by atoms with van der Waals surface area (Å²) in [6, 6.07) is 7.68. The molecule has 1 aromatic rings. The van der Waals surface area contributed by atoms with Crippen LogP contribution in [0.5, 0.6) is 0 Å². The maximum absolute atomic E-state index is 11.9. The van der Waals surface area contributed by atoms with Gasteiger partial charge in [-0.05, 0) is 17.7 Å². The number of rotatable bonds is 9. The Bertz CT molecular complexity index is 665. The predicted octanol–water partition coefficient (Wildman–Crippen LogP) is 0.983. The summed E-state index contributed by atoms with van der Waals surface area (Å²) < 4.78 is 10.6. The third-order valence-electron chi connectivity index (χ3n) is 4.83. The molecule has 1 aromatic carbocycles. The van der Waals surface area contributed by atoms with E-state index in [0.717, 1.165) is 37.7 Å². The number of ether oxygens (including phenoxy) is 2. The van der Waals surface area contributed by atoms with Crippen molar-refractivity contribution in [1.29, 1.82) is 0 Å². The number of aliphatic imine (C=N–C) groups is 1. The minimum Gasteiger partial charge on any atom is -0.383 e. The Hall–Kier alpha value is -1.87. The summed E-state index contributed by atoms with van der Waals surface area (Å²) in [4.78, 5) is 20.7. The molecule has 1 atom stereocenters. The van der Waals surface area contributed by atoms with E-state index in [2.05, 4.69) is 25.4 Å². The van der Waals surface area contributed by atoms with Crippen LogP contribution in [0.3, 0.4) is 0 Å². The van der Waals surface area contributed by atoms with E-state index in [4.69, 9.17) is 21.1 Å². The van der Waals surface area contributed by atoms with Crippen molar-refractivity contribution in [2.45, 2.75) is 6.10 Å².